The van der Waals surface area contributed by atoms with Crippen LogP contribution in [-0.2, 0) is 0 Å². The molecule has 0 radical (unpaired) electrons. The minimum Gasteiger partial charge on any atom is -0.399 e. The molecule has 0 aliphatic carbocycles. The van der Waals surface area contributed by atoms with E-state index >= 15 is 0 Å². The van der Waals surface area contributed by atoms with Crippen molar-refractivity contribution in [1.82, 2.24) is 14.6 Å². The molecule has 0 aliphatic heterocycles. The van der Waals surface area contributed by atoms with Crippen molar-refractivity contribution in [3.05, 3.63) is 35.3 Å². The molecule has 0 fully saturated rings. The number of hydrogen-bond donors (Lipinski definition) is 1. The van der Waals surface area contributed by atoms with E-state index in [4.69, 9.17) is 5.73 Å². The number of nitrogens with zero attached hydrogens (tertiary/aromatic N) is 3. The average molecular weight is 230 g/mol. The summed E-state index contributed by atoms with van der Waals surface area (Å²) in [6.45, 7) is 2.07. The minimum absolute atomic E-state index is 0.703. The van der Waals surface area contributed by atoms with Crippen molar-refractivity contribution in [1.29, 1.82) is 0 Å². The van der Waals surface area contributed by atoms with E-state index in [1.54, 1.807) is 15.9 Å². The van der Waals surface area contributed by atoms with Crippen molar-refractivity contribution in [2.24, 2.45) is 0 Å². The second kappa shape index (κ2) is 3.31. The van der Waals surface area contributed by atoms with Crippen LogP contribution >= 0.6 is 11.3 Å². The van der Waals surface area contributed by atoms with Crippen LogP contribution in [0.4, 0.5) is 5.69 Å². The van der Waals surface area contributed by atoms with Gasteiger partial charge in [0, 0.05) is 22.8 Å². The third-order valence-corrected chi connectivity index (χ3v) is 3.32. The predicted molar refractivity (Wildman–Crippen MR) is 65.4 cm³/mol. The lowest BCUT2D eigenvalue weighted by Gasteiger charge is -1.91. The Morgan fingerprint density at radius 2 is 2.19 bits per heavy atom. The predicted octanol–water partition coefficient (Wildman–Crippen LogP) is 2.35. The summed E-state index contributed by atoms with van der Waals surface area (Å²) >= 11 is 1.69. The van der Waals surface area contributed by atoms with Gasteiger partial charge in [0.15, 0.2) is 11.5 Å². The highest BCUT2D eigenvalue weighted by atomic mass is 32.1. The Balaban J connectivity index is 2.18. The van der Waals surface area contributed by atoms with Gasteiger partial charge in [-0.15, -0.1) is 16.4 Å². The fourth-order valence-corrected chi connectivity index (χ4v) is 2.35. The number of nitrogen functional groups attached to an aromatic ring is 1. The average Bonchev–Trinajstić information content (AvgIpc) is 2.83. The zero-order chi connectivity index (χ0) is 11.1. The molecule has 3 aromatic heterocycles. The molecule has 80 valence electrons. The Labute approximate surface area is 96.4 Å². The van der Waals surface area contributed by atoms with E-state index < -0.39 is 0 Å². The SMILES string of the molecule is Cc1ccc(-c2nc3cc(N)ccn3n2)s1. The van der Waals surface area contributed by atoms with E-state index in [9.17, 15) is 0 Å². The van der Waals surface area contributed by atoms with E-state index in [1.165, 1.54) is 4.88 Å². The number of fused-ring (bicyclic) bond motifs is 1. The fourth-order valence-electron chi connectivity index (χ4n) is 1.56. The van der Waals surface area contributed by atoms with Crippen LogP contribution in [0.25, 0.3) is 16.3 Å². The van der Waals surface area contributed by atoms with Crippen LogP contribution in [0.2, 0.25) is 0 Å². The molecule has 0 saturated carbocycles. The summed E-state index contributed by atoms with van der Waals surface area (Å²) < 4.78 is 1.74. The molecule has 0 aliphatic rings. The Hall–Kier alpha value is -1.88. The summed E-state index contributed by atoms with van der Waals surface area (Å²) in [5.74, 6) is 0.753. The molecular formula is C11H10N4S. The smallest absolute Gasteiger partial charge is 0.192 e. The first-order valence-electron chi connectivity index (χ1n) is 4.91. The van der Waals surface area contributed by atoms with E-state index in [0.717, 1.165) is 16.3 Å². The van der Waals surface area contributed by atoms with Crippen LogP contribution in [0.5, 0.6) is 0 Å². The third-order valence-electron chi connectivity index (χ3n) is 2.32. The van der Waals surface area contributed by atoms with Crippen molar-refractivity contribution in [3.63, 3.8) is 0 Å². The second-order valence-corrected chi connectivity index (χ2v) is 4.90. The lowest BCUT2D eigenvalue weighted by atomic mass is 10.4. The van der Waals surface area contributed by atoms with Crippen LogP contribution < -0.4 is 5.73 Å². The van der Waals surface area contributed by atoms with Gasteiger partial charge in [-0.05, 0) is 25.1 Å². The van der Waals surface area contributed by atoms with Gasteiger partial charge >= 0.3 is 0 Å². The van der Waals surface area contributed by atoms with E-state index in [1.807, 2.05) is 24.4 Å². The maximum absolute atomic E-state index is 5.70. The Kier molecular flexibility index (Phi) is 1.94. The molecule has 3 heterocycles. The number of anilines is 1. The molecule has 2 N–H and O–H groups in total. The van der Waals surface area contributed by atoms with E-state index in [0.29, 0.717) is 5.69 Å². The largest absolute Gasteiger partial charge is 0.399 e. The number of aromatic nitrogens is 3. The van der Waals surface area contributed by atoms with Gasteiger partial charge in [-0.3, -0.25) is 0 Å². The van der Waals surface area contributed by atoms with Gasteiger partial charge in [0.1, 0.15) is 0 Å². The van der Waals surface area contributed by atoms with Gasteiger partial charge in [0.2, 0.25) is 0 Å². The number of rotatable bonds is 1. The van der Waals surface area contributed by atoms with Gasteiger partial charge in [-0.1, -0.05) is 0 Å². The number of hydrogen-bond acceptors (Lipinski definition) is 4. The Bertz CT molecular complexity index is 653. The molecule has 3 rings (SSSR count). The van der Waals surface area contributed by atoms with Crippen LogP contribution in [0.3, 0.4) is 0 Å². The molecule has 0 atom stereocenters. The van der Waals surface area contributed by atoms with Crippen LogP contribution in [0.1, 0.15) is 4.88 Å². The Morgan fingerprint density at radius 1 is 1.31 bits per heavy atom. The van der Waals surface area contributed by atoms with Gasteiger partial charge in [-0.25, -0.2) is 9.50 Å². The second-order valence-electron chi connectivity index (χ2n) is 3.61. The summed E-state index contributed by atoms with van der Waals surface area (Å²) in [5.41, 5.74) is 7.18. The summed E-state index contributed by atoms with van der Waals surface area (Å²) in [6, 6.07) is 7.74. The van der Waals surface area contributed by atoms with E-state index in [-0.39, 0.29) is 0 Å². The quantitative estimate of drug-likeness (QED) is 0.698. The molecule has 16 heavy (non-hydrogen) atoms. The highest BCUT2D eigenvalue weighted by Gasteiger charge is 2.07. The lowest BCUT2D eigenvalue weighted by Crippen LogP contribution is -1.89. The first-order chi connectivity index (χ1) is 7.72. The molecule has 0 bridgehead atoms. The monoisotopic (exact) mass is 230 g/mol. The van der Waals surface area contributed by atoms with Gasteiger partial charge in [-0.2, -0.15) is 0 Å². The maximum atomic E-state index is 5.70. The summed E-state index contributed by atoms with van der Waals surface area (Å²) in [6.07, 6.45) is 1.82. The van der Waals surface area contributed by atoms with Crippen molar-refractivity contribution in [3.8, 4) is 10.7 Å². The van der Waals surface area contributed by atoms with E-state index in [2.05, 4.69) is 23.1 Å². The molecule has 0 saturated heterocycles. The van der Waals surface area contributed by atoms with Gasteiger partial charge < -0.3 is 5.73 Å². The van der Waals surface area contributed by atoms with Crippen LogP contribution in [-0.4, -0.2) is 14.6 Å². The zero-order valence-electron chi connectivity index (χ0n) is 8.71. The fraction of sp³-hybridized carbons (Fsp3) is 0.0909. The Morgan fingerprint density at radius 3 is 2.94 bits per heavy atom. The first-order valence-corrected chi connectivity index (χ1v) is 5.73. The standard InChI is InChI=1S/C11H10N4S/c1-7-2-3-9(16-7)11-13-10-6-8(12)4-5-15(10)14-11/h2-6H,12H2,1H3. The summed E-state index contributed by atoms with van der Waals surface area (Å²) in [7, 11) is 0. The van der Waals surface area contributed by atoms with Crippen LogP contribution in [0.15, 0.2) is 30.5 Å². The normalized spacial score (nSPS) is 11.1. The number of aryl methyl sites for hydroxylation is 1. The maximum Gasteiger partial charge on any atom is 0.192 e. The molecule has 5 heteroatoms. The molecule has 0 aromatic carbocycles. The summed E-state index contributed by atoms with van der Waals surface area (Å²) in [5, 5.41) is 4.40. The number of thiophene rings is 1. The summed E-state index contributed by atoms with van der Waals surface area (Å²) in [4.78, 5) is 6.78. The topological polar surface area (TPSA) is 56.2 Å². The highest BCUT2D eigenvalue weighted by Crippen LogP contribution is 2.25. The van der Waals surface area contributed by atoms with Crippen molar-refractivity contribution < 1.29 is 0 Å². The molecule has 3 aromatic rings. The number of pyridine rings is 1. The molecule has 0 spiro atoms. The minimum atomic E-state index is 0.703. The van der Waals surface area contributed by atoms with Crippen LogP contribution in [0, 0.1) is 6.92 Å². The molecule has 4 nitrogen and oxygen atoms in total. The first kappa shape index (κ1) is 9.35. The van der Waals surface area contributed by atoms with Crippen molar-refractivity contribution in [2.45, 2.75) is 6.92 Å². The molecular weight excluding hydrogens is 220 g/mol. The third kappa shape index (κ3) is 1.45. The van der Waals surface area contributed by atoms with Gasteiger partial charge in [0.25, 0.3) is 0 Å². The highest BCUT2D eigenvalue weighted by molar-refractivity contribution is 7.15. The zero-order valence-corrected chi connectivity index (χ0v) is 9.53. The lowest BCUT2D eigenvalue weighted by molar-refractivity contribution is 0.968. The van der Waals surface area contributed by atoms with Crippen molar-refractivity contribution in [2.75, 3.05) is 5.73 Å². The van der Waals surface area contributed by atoms with Crippen molar-refractivity contribution >= 4 is 22.7 Å². The van der Waals surface area contributed by atoms with Gasteiger partial charge in [0.05, 0.1) is 4.88 Å². The molecule has 0 amide bonds. The number of nitrogens with two attached hydrogens (primary N) is 1. The molecule has 0 unspecified atom stereocenters.